The molecule has 0 saturated heterocycles. The predicted octanol–water partition coefficient (Wildman–Crippen LogP) is 2.03. The molecule has 0 bridgehead atoms. The molecule has 0 fully saturated rings. The van der Waals surface area contributed by atoms with E-state index in [1.54, 1.807) is 24.3 Å². The number of hydrogen-bond acceptors (Lipinski definition) is 1. The van der Waals surface area contributed by atoms with Gasteiger partial charge in [-0.15, -0.1) is 0 Å². The second-order valence-corrected chi connectivity index (χ2v) is 2.36. The van der Waals surface area contributed by atoms with Gasteiger partial charge in [-0.2, -0.15) is 0 Å². The van der Waals surface area contributed by atoms with Gasteiger partial charge in [0.05, 0.1) is 6.57 Å². The lowest BCUT2D eigenvalue weighted by atomic mass is 10.2. The van der Waals surface area contributed by atoms with Crippen LogP contribution in [0, 0.1) is 6.57 Å². The number of carboxylic acid groups (broad SMARTS) is 1. The second kappa shape index (κ2) is 4.07. The van der Waals surface area contributed by atoms with E-state index in [1.807, 2.05) is 6.07 Å². The number of rotatable bonds is 2. The Kier molecular flexibility index (Phi) is 2.82. The fourth-order valence-corrected chi connectivity index (χ4v) is 0.849. The standard InChI is InChI=1S/C10H7NO2/c1-11-9(10(12)13)7-8-5-3-2-4-6-8/h2-7H,(H,12,13). The van der Waals surface area contributed by atoms with Crippen LogP contribution >= 0.6 is 0 Å². The van der Waals surface area contributed by atoms with Crippen molar-refractivity contribution >= 4 is 12.0 Å². The Balaban J connectivity index is 3.01. The molecule has 13 heavy (non-hydrogen) atoms. The Morgan fingerprint density at radius 3 is 2.46 bits per heavy atom. The molecule has 0 atom stereocenters. The number of nitrogens with zero attached hydrogens (tertiary/aromatic N) is 1. The van der Waals surface area contributed by atoms with Crippen LogP contribution in [-0.2, 0) is 4.79 Å². The van der Waals surface area contributed by atoms with Crippen LogP contribution in [0.1, 0.15) is 5.56 Å². The lowest BCUT2D eigenvalue weighted by Crippen LogP contribution is -1.95. The fourth-order valence-electron chi connectivity index (χ4n) is 0.849. The van der Waals surface area contributed by atoms with E-state index in [9.17, 15) is 4.79 Å². The molecule has 64 valence electrons. The van der Waals surface area contributed by atoms with Gasteiger partial charge < -0.3 is 5.11 Å². The number of benzene rings is 1. The normalized spacial score (nSPS) is 10.5. The predicted molar refractivity (Wildman–Crippen MR) is 48.7 cm³/mol. The molecular weight excluding hydrogens is 166 g/mol. The minimum atomic E-state index is -1.20. The molecule has 0 heterocycles. The van der Waals surface area contributed by atoms with E-state index in [1.165, 1.54) is 6.08 Å². The van der Waals surface area contributed by atoms with Crippen molar-refractivity contribution in [1.29, 1.82) is 0 Å². The molecule has 0 aliphatic carbocycles. The summed E-state index contributed by atoms with van der Waals surface area (Å²) >= 11 is 0. The van der Waals surface area contributed by atoms with Crippen LogP contribution in [0.25, 0.3) is 10.9 Å². The van der Waals surface area contributed by atoms with Crippen LogP contribution in [0.3, 0.4) is 0 Å². The molecule has 0 saturated carbocycles. The number of carboxylic acids is 1. The van der Waals surface area contributed by atoms with Gasteiger partial charge in [-0.3, -0.25) is 4.79 Å². The third-order valence-electron chi connectivity index (χ3n) is 1.44. The zero-order valence-corrected chi connectivity index (χ0v) is 6.77. The first kappa shape index (κ1) is 9.01. The van der Waals surface area contributed by atoms with Gasteiger partial charge in [-0.05, 0) is 11.6 Å². The largest absolute Gasteiger partial charge is 0.486 e. The zero-order valence-electron chi connectivity index (χ0n) is 6.77. The average molecular weight is 173 g/mol. The lowest BCUT2D eigenvalue weighted by Gasteiger charge is -1.92. The highest BCUT2D eigenvalue weighted by Gasteiger charge is 2.05. The molecule has 0 amide bonds. The van der Waals surface area contributed by atoms with Crippen molar-refractivity contribution in [2.75, 3.05) is 0 Å². The van der Waals surface area contributed by atoms with Crippen molar-refractivity contribution in [2.24, 2.45) is 0 Å². The molecule has 0 radical (unpaired) electrons. The SMILES string of the molecule is [C-]#[N+]C(=Cc1ccccc1)C(=O)O. The summed E-state index contributed by atoms with van der Waals surface area (Å²) in [7, 11) is 0. The van der Waals surface area contributed by atoms with Gasteiger partial charge in [0, 0.05) is 0 Å². The Bertz CT molecular complexity index is 374. The third-order valence-corrected chi connectivity index (χ3v) is 1.44. The van der Waals surface area contributed by atoms with Gasteiger partial charge in [0.25, 0.3) is 5.70 Å². The summed E-state index contributed by atoms with van der Waals surface area (Å²) in [6.45, 7) is 6.62. The number of carbonyl (C=O) groups is 1. The van der Waals surface area contributed by atoms with Gasteiger partial charge in [0.2, 0.25) is 0 Å². The van der Waals surface area contributed by atoms with Gasteiger partial charge in [0.15, 0.2) is 0 Å². The van der Waals surface area contributed by atoms with Crippen molar-refractivity contribution < 1.29 is 9.90 Å². The first-order chi connectivity index (χ1) is 6.24. The smallest absolute Gasteiger partial charge is 0.333 e. The van der Waals surface area contributed by atoms with E-state index < -0.39 is 5.97 Å². The minimum absolute atomic E-state index is 0.272. The maximum Gasteiger partial charge on any atom is 0.333 e. The molecular formula is C10H7NO2. The summed E-state index contributed by atoms with van der Waals surface area (Å²) in [6.07, 6.45) is 1.34. The Labute approximate surface area is 75.8 Å². The van der Waals surface area contributed by atoms with E-state index in [2.05, 4.69) is 4.85 Å². The molecule has 0 aliphatic heterocycles. The van der Waals surface area contributed by atoms with Crippen molar-refractivity contribution in [3.05, 3.63) is 53.0 Å². The minimum Gasteiger partial charge on any atom is -0.486 e. The van der Waals surface area contributed by atoms with Crippen LogP contribution in [-0.4, -0.2) is 11.1 Å². The summed E-state index contributed by atoms with van der Waals surface area (Å²) < 4.78 is 0. The van der Waals surface area contributed by atoms with Gasteiger partial charge in [-0.1, -0.05) is 30.3 Å². The monoisotopic (exact) mass is 173 g/mol. The Morgan fingerprint density at radius 1 is 1.38 bits per heavy atom. The van der Waals surface area contributed by atoms with Crippen molar-refractivity contribution in [2.45, 2.75) is 0 Å². The maximum absolute atomic E-state index is 10.5. The Hall–Kier alpha value is -2.08. The zero-order chi connectivity index (χ0) is 9.68. The van der Waals surface area contributed by atoms with E-state index >= 15 is 0 Å². The highest BCUT2D eigenvalue weighted by molar-refractivity contribution is 5.94. The molecule has 3 heteroatoms. The van der Waals surface area contributed by atoms with Crippen LogP contribution < -0.4 is 0 Å². The molecule has 1 aromatic carbocycles. The summed E-state index contributed by atoms with van der Waals surface area (Å²) in [5.74, 6) is -1.20. The van der Waals surface area contributed by atoms with Crippen LogP contribution in [0.2, 0.25) is 0 Å². The molecule has 3 nitrogen and oxygen atoms in total. The summed E-state index contributed by atoms with van der Waals surface area (Å²) in [6, 6.07) is 8.89. The number of hydrogen-bond donors (Lipinski definition) is 1. The molecule has 0 unspecified atom stereocenters. The van der Waals surface area contributed by atoms with Crippen molar-refractivity contribution in [3.63, 3.8) is 0 Å². The maximum atomic E-state index is 10.5. The molecule has 1 N–H and O–H groups in total. The van der Waals surface area contributed by atoms with E-state index in [-0.39, 0.29) is 5.70 Å². The Morgan fingerprint density at radius 2 is 2.00 bits per heavy atom. The summed E-state index contributed by atoms with van der Waals surface area (Å²) in [4.78, 5) is 13.3. The topological polar surface area (TPSA) is 41.7 Å². The van der Waals surface area contributed by atoms with Gasteiger partial charge in [-0.25, -0.2) is 4.85 Å². The van der Waals surface area contributed by atoms with E-state index in [0.29, 0.717) is 0 Å². The van der Waals surface area contributed by atoms with Gasteiger partial charge >= 0.3 is 5.97 Å². The molecule has 0 spiro atoms. The summed E-state index contributed by atoms with van der Waals surface area (Å²) in [5, 5.41) is 8.55. The van der Waals surface area contributed by atoms with Crippen LogP contribution in [0.15, 0.2) is 36.0 Å². The first-order valence-corrected chi connectivity index (χ1v) is 3.61. The number of aliphatic carboxylic acids is 1. The average Bonchev–Trinajstić information content (AvgIpc) is 2.15. The molecule has 1 aromatic rings. The highest BCUT2D eigenvalue weighted by Crippen LogP contribution is 2.07. The van der Waals surface area contributed by atoms with Gasteiger partial charge in [0.1, 0.15) is 0 Å². The first-order valence-electron chi connectivity index (χ1n) is 3.61. The van der Waals surface area contributed by atoms with Crippen molar-refractivity contribution in [1.82, 2.24) is 0 Å². The van der Waals surface area contributed by atoms with Crippen LogP contribution in [0.4, 0.5) is 0 Å². The van der Waals surface area contributed by atoms with Crippen molar-refractivity contribution in [3.8, 4) is 0 Å². The second-order valence-electron chi connectivity index (χ2n) is 2.36. The molecule has 0 aliphatic rings. The third kappa shape index (κ3) is 2.46. The molecule has 0 aromatic heterocycles. The summed E-state index contributed by atoms with van der Waals surface area (Å²) in [5.41, 5.74) is 0.446. The van der Waals surface area contributed by atoms with Crippen LogP contribution in [0.5, 0.6) is 0 Å². The van der Waals surface area contributed by atoms with E-state index in [4.69, 9.17) is 11.7 Å². The molecule has 1 rings (SSSR count). The lowest BCUT2D eigenvalue weighted by molar-refractivity contribution is -0.132. The quantitative estimate of drug-likeness (QED) is 0.549. The van der Waals surface area contributed by atoms with E-state index in [0.717, 1.165) is 5.56 Å². The highest BCUT2D eigenvalue weighted by atomic mass is 16.4. The fraction of sp³-hybridized carbons (Fsp3) is 0.